The monoisotopic (exact) mass is 529 g/mol. The van der Waals surface area contributed by atoms with Crippen LogP contribution in [0, 0.1) is 23.0 Å². The molecule has 0 radical (unpaired) electrons. The average molecular weight is 530 g/mol. The molecule has 0 saturated carbocycles. The van der Waals surface area contributed by atoms with Crippen molar-refractivity contribution in [2.45, 2.75) is 26.8 Å². The van der Waals surface area contributed by atoms with E-state index in [9.17, 15) is 18.8 Å². The average Bonchev–Trinajstić information content (AvgIpc) is 2.97. The number of piperazine rings is 1. The zero-order valence-corrected chi connectivity index (χ0v) is 22.5. The molecule has 0 atom stereocenters. The van der Waals surface area contributed by atoms with Gasteiger partial charge in [-0.1, -0.05) is 50.8 Å². The van der Waals surface area contributed by atoms with Gasteiger partial charge in [0.25, 0.3) is 0 Å². The Labute approximate surface area is 229 Å². The third-order valence-corrected chi connectivity index (χ3v) is 6.28. The van der Waals surface area contributed by atoms with Crippen molar-refractivity contribution in [1.29, 1.82) is 5.26 Å². The van der Waals surface area contributed by atoms with E-state index in [2.05, 4.69) is 22.5 Å². The molecule has 6 nitrogen and oxygen atoms in total. The van der Waals surface area contributed by atoms with Crippen molar-refractivity contribution in [2.75, 3.05) is 31.1 Å². The first-order chi connectivity index (χ1) is 18.9. The molecule has 2 aromatic carbocycles. The number of urea groups is 1. The molecular formula is C31H33F2N5O. The molecule has 202 valence electrons. The fraction of sp³-hybridized carbons (Fsp3) is 0.258. The van der Waals surface area contributed by atoms with Crippen LogP contribution >= 0.6 is 0 Å². The molecule has 0 bridgehead atoms. The van der Waals surface area contributed by atoms with Crippen LogP contribution in [-0.2, 0) is 0 Å². The Morgan fingerprint density at radius 2 is 1.54 bits per heavy atom. The number of anilines is 1. The van der Waals surface area contributed by atoms with E-state index >= 15 is 0 Å². The summed E-state index contributed by atoms with van der Waals surface area (Å²) in [5.41, 5.74) is 2.43. The highest BCUT2D eigenvalue weighted by molar-refractivity contribution is 5.96. The summed E-state index contributed by atoms with van der Waals surface area (Å²) in [6, 6.07) is 17.4. The van der Waals surface area contributed by atoms with Gasteiger partial charge in [-0.3, -0.25) is 4.90 Å². The van der Waals surface area contributed by atoms with Crippen LogP contribution in [0.2, 0.25) is 0 Å². The maximum absolute atomic E-state index is 13.7. The van der Waals surface area contributed by atoms with Crippen LogP contribution in [0.3, 0.4) is 0 Å². The molecule has 0 aliphatic carbocycles. The Balaban J connectivity index is 0.00000205. The van der Waals surface area contributed by atoms with Crippen LogP contribution in [-0.4, -0.2) is 47.0 Å². The molecule has 2 heterocycles. The summed E-state index contributed by atoms with van der Waals surface area (Å²) in [4.78, 5) is 23.2. The van der Waals surface area contributed by atoms with Gasteiger partial charge in [0, 0.05) is 38.1 Å². The molecule has 1 aliphatic heterocycles. The number of amides is 2. The number of hydrogen-bond donors (Lipinski definition) is 0. The third-order valence-electron chi connectivity index (χ3n) is 6.28. The number of nitriles is 1. The first-order valence-corrected chi connectivity index (χ1v) is 12.9. The summed E-state index contributed by atoms with van der Waals surface area (Å²) in [5, 5.41) is 9.57. The lowest BCUT2D eigenvalue weighted by molar-refractivity contribution is 0.124. The minimum absolute atomic E-state index is 0.228. The van der Waals surface area contributed by atoms with Gasteiger partial charge in [-0.05, 0) is 60.5 Å². The number of rotatable bonds is 6. The quantitative estimate of drug-likeness (QED) is 0.334. The number of allylic oxidation sites excluding steroid dienone is 2. The van der Waals surface area contributed by atoms with E-state index in [4.69, 9.17) is 0 Å². The van der Waals surface area contributed by atoms with Crippen LogP contribution in [0.25, 0.3) is 0 Å². The predicted molar refractivity (Wildman–Crippen MR) is 150 cm³/mol. The molecule has 39 heavy (non-hydrogen) atoms. The second kappa shape index (κ2) is 14.0. The molecule has 1 saturated heterocycles. The fourth-order valence-electron chi connectivity index (χ4n) is 4.50. The van der Waals surface area contributed by atoms with Crippen molar-refractivity contribution >= 4 is 11.8 Å². The van der Waals surface area contributed by atoms with E-state index in [1.807, 2.05) is 20.8 Å². The summed E-state index contributed by atoms with van der Waals surface area (Å²) in [5.74, 6) is -0.425. The number of hydrogen-bond acceptors (Lipinski definition) is 4. The number of pyridine rings is 1. The minimum Gasteiger partial charge on any atom is -0.321 e. The summed E-state index contributed by atoms with van der Waals surface area (Å²) in [7, 11) is 0. The lowest BCUT2D eigenvalue weighted by Gasteiger charge is -2.41. The number of halogens is 2. The second-order valence-corrected chi connectivity index (χ2v) is 8.62. The van der Waals surface area contributed by atoms with Crippen molar-refractivity contribution in [3.63, 3.8) is 0 Å². The Morgan fingerprint density at radius 1 is 1.00 bits per heavy atom. The van der Waals surface area contributed by atoms with Gasteiger partial charge in [-0.2, -0.15) is 5.26 Å². The molecule has 4 rings (SSSR count). The summed E-state index contributed by atoms with van der Waals surface area (Å²) in [6.45, 7) is 11.7. The highest BCUT2D eigenvalue weighted by Crippen LogP contribution is 2.31. The molecule has 1 aromatic heterocycles. The predicted octanol–water partition coefficient (Wildman–Crippen LogP) is 6.68. The van der Waals surface area contributed by atoms with Gasteiger partial charge in [-0.25, -0.2) is 23.5 Å². The summed E-state index contributed by atoms with van der Waals surface area (Å²) >= 11 is 0. The number of carbonyl (C=O) groups is 1. The molecule has 0 unspecified atom stereocenters. The molecule has 1 aliphatic rings. The first-order valence-electron chi connectivity index (χ1n) is 12.9. The number of aromatic nitrogens is 1. The lowest BCUT2D eigenvalue weighted by atomic mass is 9.96. The zero-order chi connectivity index (χ0) is 28.4. The van der Waals surface area contributed by atoms with Crippen molar-refractivity contribution in [3.05, 3.63) is 120 Å². The molecule has 0 N–H and O–H groups in total. The van der Waals surface area contributed by atoms with E-state index in [0.717, 1.165) is 11.1 Å². The number of benzene rings is 2. The number of nitrogens with zero attached hydrogens (tertiary/aromatic N) is 5. The fourth-order valence-corrected chi connectivity index (χ4v) is 4.50. The molecule has 1 fully saturated rings. The Morgan fingerprint density at radius 3 is 2.03 bits per heavy atom. The maximum Gasteiger partial charge on any atom is 0.330 e. The van der Waals surface area contributed by atoms with Crippen LogP contribution < -0.4 is 4.90 Å². The van der Waals surface area contributed by atoms with E-state index in [-0.39, 0.29) is 35.1 Å². The van der Waals surface area contributed by atoms with Crippen molar-refractivity contribution in [3.8, 4) is 6.07 Å². The van der Waals surface area contributed by atoms with E-state index in [1.165, 1.54) is 35.4 Å². The lowest BCUT2D eigenvalue weighted by Crippen LogP contribution is -2.53. The van der Waals surface area contributed by atoms with E-state index in [0.29, 0.717) is 31.9 Å². The Hall–Kier alpha value is -4.35. The highest BCUT2D eigenvalue weighted by Gasteiger charge is 2.32. The van der Waals surface area contributed by atoms with E-state index < -0.39 is 0 Å². The van der Waals surface area contributed by atoms with Crippen LogP contribution in [0.1, 0.15) is 43.5 Å². The SMILES string of the molecule is C=C(/C=C\C)N(C(=O)N1CCN(C(c2ccc(F)cc2)c2ccc(F)cc2)CC1)c1ncccc1C#N.CC. The summed E-state index contributed by atoms with van der Waals surface area (Å²) in [6.07, 6.45) is 5.00. The molecular weight excluding hydrogens is 496 g/mol. The van der Waals surface area contributed by atoms with Gasteiger partial charge in [0.2, 0.25) is 0 Å². The second-order valence-electron chi connectivity index (χ2n) is 8.62. The van der Waals surface area contributed by atoms with Gasteiger partial charge in [0.05, 0.1) is 11.6 Å². The van der Waals surface area contributed by atoms with Gasteiger partial charge in [0.15, 0.2) is 5.82 Å². The van der Waals surface area contributed by atoms with Gasteiger partial charge < -0.3 is 4.90 Å². The Kier molecular flexibility index (Phi) is 10.5. The maximum atomic E-state index is 13.7. The molecule has 8 heteroatoms. The largest absolute Gasteiger partial charge is 0.330 e. The normalized spacial score (nSPS) is 13.5. The zero-order valence-electron chi connectivity index (χ0n) is 22.5. The minimum atomic E-state index is -0.329. The van der Waals surface area contributed by atoms with Gasteiger partial charge in [-0.15, -0.1) is 0 Å². The topological polar surface area (TPSA) is 63.5 Å². The van der Waals surface area contributed by atoms with E-state index in [1.54, 1.807) is 53.5 Å². The summed E-state index contributed by atoms with van der Waals surface area (Å²) < 4.78 is 27.3. The Bertz CT molecular complexity index is 1280. The van der Waals surface area contributed by atoms with Crippen molar-refractivity contribution in [1.82, 2.24) is 14.8 Å². The van der Waals surface area contributed by atoms with Crippen LogP contribution in [0.15, 0.2) is 91.3 Å². The third kappa shape index (κ3) is 6.95. The van der Waals surface area contributed by atoms with Crippen molar-refractivity contribution in [2.24, 2.45) is 0 Å². The van der Waals surface area contributed by atoms with Gasteiger partial charge >= 0.3 is 6.03 Å². The first kappa shape index (κ1) is 29.2. The van der Waals surface area contributed by atoms with Crippen molar-refractivity contribution < 1.29 is 13.6 Å². The molecule has 3 aromatic rings. The van der Waals surface area contributed by atoms with Crippen LogP contribution in [0.5, 0.6) is 0 Å². The van der Waals surface area contributed by atoms with Gasteiger partial charge in [0.1, 0.15) is 17.7 Å². The van der Waals surface area contributed by atoms with Crippen LogP contribution in [0.4, 0.5) is 19.4 Å². The standard InChI is InChI=1S/C29H27F2N5O.C2H6/c1-3-5-21(2)36(28-24(20-32)6-4-15-33-28)29(37)35-18-16-34(17-19-35)27(22-7-11-25(30)12-8-22)23-9-13-26(31)14-10-23;1-2/h3-15,27H,2,16-19H2,1H3;1-2H3/b5-3-;. The molecule has 0 spiro atoms. The number of carbonyl (C=O) groups excluding carboxylic acids is 1. The highest BCUT2D eigenvalue weighted by atomic mass is 19.1. The smallest absolute Gasteiger partial charge is 0.321 e. The molecule has 2 amide bonds.